The molecule has 2 aromatic carbocycles. The molecule has 4 rings (SSSR count). The third-order valence-corrected chi connectivity index (χ3v) is 8.67. The molecule has 2 heterocycles. The Morgan fingerprint density at radius 1 is 1.02 bits per heavy atom. The summed E-state index contributed by atoms with van der Waals surface area (Å²) in [6.45, 7) is 10.3. The predicted molar refractivity (Wildman–Crippen MR) is 173 cm³/mol. The molecule has 1 fully saturated rings. The van der Waals surface area contributed by atoms with Crippen molar-refractivity contribution in [3.8, 4) is 5.75 Å². The van der Waals surface area contributed by atoms with Gasteiger partial charge in [0.1, 0.15) is 12.4 Å². The van der Waals surface area contributed by atoms with E-state index < -0.39 is 5.41 Å². The average Bonchev–Trinajstić information content (AvgIpc) is 3.02. The minimum absolute atomic E-state index is 0.00666. The summed E-state index contributed by atoms with van der Waals surface area (Å²) in [6.07, 6.45) is 2.63. The van der Waals surface area contributed by atoms with Crippen molar-refractivity contribution in [2.45, 2.75) is 64.4 Å². The smallest absolute Gasteiger partial charge is 0.227 e. The van der Waals surface area contributed by atoms with E-state index in [0.717, 1.165) is 68.1 Å². The standard InChI is InChI=1S/C35H53N3O6/c1-35(2,34(39)37(3)4)22-29-21-30(28-11-8-26(9-12-28)24-42-19-18-41-6)33(23-36-29)44-25-27-10-13-32-31(20-27)38(15-17-43-32)14-7-16-40-5/h8-13,20,29-30,33,36H,7,14-19,21-25H2,1-6H3/t29-,30-,33+/m1/s1. The highest BCUT2D eigenvalue weighted by Gasteiger charge is 2.38. The van der Waals surface area contributed by atoms with Crippen molar-refractivity contribution in [2.24, 2.45) is 5.41 Å². The van der Waals surface area contributed by atoms with Gasteiger partial charge in [-0.2, -0.15) is 0 Å². The lowest BCUT2D eigenvalue weighted by Crippen LogP contribution is -2.50. The monoisotopic (exact) mass is 611 g/mol. The molecule has 1 amide bonds. The number of hydrogen-bond acceptors (Lipinski definition) is 8. The molecule has 1 saturated heterocycles. The summed E-state index contributed by atoms with van der Waals surface area (Å²) < 4.78 is 28.7. The van der Waals surface area contributed by atoms with Crippen LogP contribution in [0.5, 0.6) is 5.75 Å². The molecule has 2 aliphatic heterocycles. The van der Waals surface area contributed by atoms with Gasteiger partial charge in [0, 0.05) is 65.4 Å². The quantitative estimate of drug-likeness (QED) is 0.276. The number of ether oxygens (including phenoxy) is 5. The summed E-state index contributed by atoms with van der Waals surface area (Å²) in [6, 6.07) is 15.3. The third kappa shape index (κ3) is 9.41. The Bertz CT molecular complexity index is 1170. The fraction of sp³-hybridized carbons (Fsp3) is 0.629. The minimum atomic E-state index is -0.455. The predicted octanol–water partition coefficient (Wildman–Crippen LogP) is 4.62. The van der Waals surface area contributed by atoms with Gasteiger partial charge in [0.05, 0.1) is 44.8 Å². The molecule has 9 heteroatoms. The maximum atomic E-state index is 12.9. The maximum absolute atomic E-state index is 12.9. The summed E-state index contributed by atoms with van der Waals surface area (Å²) in [5.74, 6) is 1.28. The summed E-state index contributed by atoms with van der Waals surface area (Å²) in [4.78, 5) is 17.0. The Morgan fingerprint density at radius 2 is 1.77 bits per heavy atom. The zero-order valence-corrected chi connectivity index (χ0v) is 27.6. The van der Waals surface area contributed by atoms with Crippen LogP contribution in [0.3, 0.4) is 0 Å². The molecule has 1 N–H and O–H groups in total. The number of carbonyl (C=O) groups is 1. The van der Waals surface area contributed by atoms with Gasteiger partial charge in [-0.1, -0.05) is 44.2 Å². The normalized spacial score (nSPS) is 20.2. The molecule has 0 aliphatic carbocycles. The van der Waals surface area contributed by atoms with Crippen molar-refractivity contribution >= 4 is 11.6 Å². The zero-order valence-electron chi connectivity index (χ0n) is 27.6. The number of nitrogens with zero attached hydrogens (tertiary/aromatic N) is 2. The van der Waals surface area contributed by atoms with Crippen LogP contribution in [0.2, 0.25) is 0 Å². The van der Waals surface area contributed by atoms with Crippen molar-refractivity contribution in [3.63, 3.8) is 0 Å². The van der Waals surface area contributed by atoms with Gasteiger partial charge in [-0.05, 0) is 48.1 Å². The second-order valence-electron chi connectivity index (χ2n) is 12.9. The van der Waals surface area contributed by atoms with Crippen LogP contribution < -0.4 is 15.0 Å². The Kier molecular flexibility index (Phi) is 12.9. The van der Waals surface area contributed by atoms with Gasteiger partial charge >= 0.3 is 0 Å². The summed E-state index contributed by atoms with van der Waals surface area (Å²) >= 11 is 0. The van der Waals surface area contributed by atoms with Crippen molar-refractivity contribution in [1.82, 2.24) is 10.2 Å². The zero-order chi connectivity index (χ0) is 31.5. The molecule has 3 atom stereocenters. The van der Waals surface area contributed by atoms with Gasteiger partial charge in [-0.15, -0.1) is 0 Å². The highest BCUT2D eigenvalue weighted by molar-refractivity contribution is 5.81. The second kappa shape index (κ2) is 16.6. The first-order chi connectivity index (χ1) is 21.2. The lowest BCUT2D eigenvalue weighted by atomic mass is 9.77. The highest BCUT2D eigenvalue weighted by Crippen LogP contribution is 2.37. The van der Waals surface area contributed by atoms with Gasteiger partial charge in [0.2, 0.25) is 5.91 Å². The van der Waals surface area contributed by atoms with Crippen LogP contribution in [-0.4, -0.2) is 97.3 Å². The van der Waals surface area contributed by atoms with Gasteiger partial charge in [0.25, 0.3) is 0 Å². The highest BCUT2D eigenvalue weighted by atomic mass is 16.5. The van der Waals surface area contributed by atoms with E-state index in [1.807, 2.05) is 27.9 Å². The maximum Gasteiger partial charge on any atom is 0.227 e. The summed E-state index contributed by atoms with van der Waals surface area (Å²) in [7, 11) is 7.09. The van der Waals surface area contributed by atoms with E-state index in [4.69, 9.17) is 23.7 Å². The average molecular weight is 612 g/mol. The second-order valence-corrected chi connectivity index (χ2v) is 12.9. The van der Waals surface area contributed by atoms with Crippen molar-refractivity contribution in [1.29, 1.82) is 0 Å². The number of nitrogens with one attached hydrogen (secondary N) is 1. The topological polar surface area (TPSA) is 81.7 Å². The van der Waals surface area contributed by atoms with Crippen LogP contribution in [0.4, 0.5) is 5.69 Å². The van der Waals surface area contributed by atoms with Gasteiger partial charge in [0.15, 0.2) is 0 Å². The van der Waals surface area contributed by atoms with Gasteiger partial charge in [-0.25, -0.2) is 0 Å². The molecule has 0 bridgehead atoms. The van der Waals surface area contributed by atoms with Crippen LogP contribution >= 0.6 is 0 Å². The van der Waals surface area contributed by atoms with E-state index in [9.17, 15) is 4.79 Å². The van der Waals surface area contributed by atoms with E-state index >= 15 is 0 Å². The van der Waals surface area contributed by atoms with Crippen LogP contribution in [-0.2, 0) is 37.0 Å². The molecule has 0 aromatic heterocycles. The number of fused-ring (bicyclic) bond motifs is 1. The lowest BCUT2D eigenvalue weighted by molar-refractivity contribution is -0.138. The third-order valence-electron chi connectivity index (χ3n) is 8.67. The van der Waals surface area contributed by atoms with E-state index in [2.05, 4.69) is 52.7 Å². The molecule has 9 nitrogen and oxygen atoms in total. The first-order valence-corrected chi connectivity index (χ1v) is 15.9. The number of methoxy groups -OCH3 is 2. The summed E-state index contributed by atoms with van der Waals surface area (Å²) in [5.41, 5.74) is 4.19. The Morgan fingerprint density at radius 3 is 2.50 bits per heavy atom. The molecule has 2 aliphatic rings. The van der Waals surface area contributed by atoms with Crippen LogP contribution in [0, 0.1) is 5.41 Å². The van der Waals surface area contributed by atoms with Crippen LogP contribution in [0.25, 0.3) is 0 Å². The Hall–Kier alpha value is -2.69. The van der Waals surface area contributed by atoms with Crippen LogP contribution in [0.15, 0.2) is 42.5 Å². The molecule has 244 valence electrons. The molecule has 0 spiro atoms. The number of benzene rings is 2. The number of amides is 1. The van der Waals surface area contributed by atoms with E-state index in [0.29, 0.717) is 33.0 Å². The molecule has 44 heavy (non-hydrogen) atoms. The van der Waals surface area contributed by atoms with Crippen molar-refractivity contribution < 1.29 is 28.5 Å². The fourth-order valence-corrected chi connectivity index (χ4v) is 6.39. The number of carbonyl (C=O) groups excluding carboxylic acids is 1. The fourth-order valence-electron chi connectivity index (χ4n) is 6.39. The largest absolute Gasteiger partial charge is 0.490 e. The van der Waals surface area contributed by atoms with Crippen LogP contribution in [0.1, 0.15) is 55.7 Å². The van der Waals surface area contributed by atoms with Gasteiger partial charge in [-0.3, -0.25) is 4.79 Å². The molecule has 2 aromatic rings. The molecule has 0 saturated carbocycles. The number of rotatable bonds is 16. The van der Waals surface area contributed by atoms with Gasteiger partial charge < -0.3 is 38.8 Å². The molecule has 0 unspecified atom stereocenters. The van der Waals surface area contributed by atoms with E-state index in [1.54, 1.807) is 19.1 Å². The van der Waals surface area contributed by atoms with E-state index in [-0.39, 0.29) is 24.0 Å². The Balaban J connectivity index is 1.47. The molecular weight excluding hydrogens is 558 g/mol. The molecule has 0 radical (unpaired) electrons. The first-order valence-electron chi connectivity index (χ1n) is 15.9. The molecular formula is C35H53N3O6. The minimum Gasteiger partial charge on any atom is -0.490 e. The number of anilines is 1. The van der Waals surface area contributed by atoms with Crippen molar-refractivity contribution in [2.75, 3.05) is 79.3 Å². The van der Waals surface area contributed by atoms with E-state index in [1.165, 1.54) is 5.56 Å². The summed E-state index contributed by atoms with van der Waals surface area (Å²) in [5, 5.41) is 3.72. The number of hydrogen-bond donors (Lipinski definition) is 1. The lowest BCUT2D eigenvalue weighted by Gasteiger charge is -2.40. The SMILES string of the molecule is COCCCN1CCOc2ccc(CO[C@H]3CN[C@@H](CC(C)(C)C(=O)N(C)C)C[C@@H]3c3ccc(COCCOC)cc3)cc21. The Labute approximate surface area is 264 Å². The van der Waals surface area contributed by atoms with Crippen molar-refractivity contribution in [3.05, 3.63) is 59.2 Å². The first kappa shape index (κ1) is 34.2. The number of piperidine rings is 1.